The molecule has 0 aromatic rings. The molecule has 0 aromatic heterocycles. The lowest BCUT2D eigenvalue weighted by Crippen LogP contribution is -2.06. The van der Waals surface area contributed by atoms with Crippen LogP contribution in [0.5, 0.6) is 0 Å². The highest BCUT2D eigenvalue weighted by molar-refractivity contribution is 4.61. The summed E-state index contributed by atoms with van der Waals surface area (Å²) in [5.41, 5.74) is 0. The molecule has 0 aromatic carbocycles. The minimum atomic E-state index is 0.495. The van der Waals surface area contributed by atoms with Crippen molar-refractivity contribution in [2.45, 2.75) is 33.6 Å². The number of nitrogens with zero attached hydrogens (tertiary/aromatic N) is 1. The maximum absolute atomic E-state index is 9.91. The van der Waals surface area contributed by atoms with Crippen LogP contribution in [0.15, 0.2) is 5.18 Å². The summed E-state index contributed by atoms with van der Waals surface area (Å²) < 4.78 is 0. The van der Waals surface area contributed by atoms with Gasteiger partial charge in [-0.25, -0.2) is 0 Å². The third kappa shape index (κ3) is 4.48. The normalized spacial score (nSPS) is 13.6. The fraction of sp³-hybridized carbons (Fsp3) is 1.00. The molecule has 0 bridgehead atoms. The molecule has 60 valence electrons. The van der Waals surface area contributed by atoms with E-state index in [0.29, 0.717) is 18.4 Å². The average molecular weight is 143 g/mol. The molecular weight excluding hydrogens is 126 g/mol. The molecule has 0 aliphatic heterocycles. The summed E-state index contributed by atoms with van der Waals surface area (Å²) in [4.78, 5) is 9.91. The Bertz CT molecular complexity index is 91.3. The molecule has 0 radical (unpaired) electrons. The number of nitroso groups, excluding NO2 is 1. The van der Waals surface area contributed by atoms with Crippen LogP contribution in [0.2, 0.25) is 0 Å². The van der Waals surface area contributed by atoms with Crippen LogP contribution in [0.3, 0.4) is 0 Å². The Morgan fingerprint density at radius 2 is 2.00 bits per heavy atom. The summed E-state index contributed by atoms with van der Waals surface area (Å²) >= 11 is 0. The minimum absolute atomic E-state index is 0.495. The van der Waals surface area contributed by atoms with Crippen LogP contribution in [-0.2, 0) is 0 Å². The van der Waals surface area contributed by atoms with Crippen molar-refractivity contribution in [2.24, 2.45) is 17.0 Å². The lowest BCUT2D eigenvalue weighted by molar-refractivity contribution is 0.407. The molecule has 0 rings (SSSR count). The lowest BCUT2D eigenvalue weighted by atomic mass is 9.95. The molecule has 0 unspecified atom stereocenters. The van der Waals surface area contributed by atoms with E-state index in [0.717, 1.165) is 12.8 Å². The SMILES string of the molecule is CC[C@@H](CN=O)CC(C)C. The second-order valence-corrected chi connectivity index (χ2v) is 3.22. The summed E-state index contributed by atoms with van der Waals surface area (Å²) in [5.74, 6) is 1.20. The van der Waals surface area contributed by atoms with E-state index in [1.165, 1.54) is 0 Å². The van der Waals surface area contributed by atoms with Crippen molar-refractivity contribution >= 4 is 0 Å². The van der Waals surface area contributed by atoms with Gasteiger partial charge in [0.2, 0.25) is 0 Å². The van der Waals surface area contributed by atoms with E-state index >= 15 is 0 Å². The first-order valence-corrected chi connectivity index (χ1v) is 3.99. The van der Waals surface area contributed by atoms with Gasteiger partial charge >= 0.3 is 0 Å². The molecule has 1 atom stereocenters. The first-order valence-electron chi connectivity index (χ1n) is 3.99. The zero-order valence-electron chi connectivity index (χ0n) is 7.13. The maximum atomic E-state index is 9.91. The molecule has 0 N–H and O–H groups in total. The number of rotatable bonds is 5. The topological polar surface area (TPSA) is 29.4 Å². The van der Waals surface area contributed by atoms with Crippen molar-refractivity contribution in [1.29, 1.82) is 0 Å². The van der Waals surface area contributed by atoms with E-state index < -0.39 is 0 Å². The number of hydrogen-bond donors (Lipinski definition) is 0. The van der Waals surface area contributed by atoms with Crippen LogP contribution in [0.25, 0.3) is 0 Å². The zero-order valence-corrected chi connectivity index (χ0v) is 7.13. The Kier molecular flexibility index (Phi) is 5.17. The molecule has 0 heterocycles. The van der Waals surface area contributed by atoms with Crippen molar-refractivity contribution < 1.29 is 0 Å². The molecule has 0 amide bonds. The van der Waals surface area contributed by atoms with E-state index in [4.69, 9.17) is 0 Å². The summed E-state index contributed by atoms with van der Waals surface area (Å²) in [5, 5.41) is 2.91. The smallest absolute Gasteiger partial charge is 0.0839 e. The predicted molar refractivity (Wildman–Crippen MR) is 43.9 cm³/mol. The van der Waals surface area contributed by atoms with Gasteiger partial charge in [0.25, 0.3) is 0 Å². The average Bonchev–Trinajstić information content (AvgIpc) is 1.86. The minimum Gasteiger partial charge on any atom is -0.151 e. The van der Waals surface area contributed by atoms with Gasteiger partial charge in [0.1, 0.15) is 0 Å². The van der Waals surface area contributed by atoms with Crippen LogP contribution in [0, 0.1) is 16.7 Å². The highest BCUT2D eigenvalue weighted by Gasteiger charge is 2.07. The van der Waals surface area contributed by atoms with Crippen molar-refractivity contribution in [3.8, 4) is 0 Å². The summed E-state index contributed by atoms with van der Waals surface area (Å²) in [7, 11) is 0. The van der Waals surface area contributed by atoms with Gasteiger partial charge in [0, 0.05) is 0 Å². The van der Waals surface area contributed by atoms with Crippen LogP contribution in [-0.4, -0.2) is 6.54 Å². The quantitative estimate of drug-likeness (QED) is 0.544. The van der Waals surface area contributed by atoms with E-state index in [-0.39, 0.29) is 0 Å². The Balaban J connectivity index is 3.48. The molecule has 0 aliphatic rings. The van der Waals surface area contributed by atoms with E-state index in [1.54, 1.807) is 0 Å². The summed E-state index contributed by atoms with van der Waals surface area (Å²) in [6, 6.07) is 0. The van der Waals surface area contributed by atoms with Crippen molar-refractivity contribution in [3.05, 3.63) is 4.91 Å². The second-order valence-electron chi connectivity index (χ2n) is 3.22. The molecule has 0 aliphatic carbocycles. The highest BCUT2D eigenvalue weighted by Crippen LogP contribution is 2.14. The van der Waals surface area contributed by atoms with Crippen LogP contribution in [0.1, 0.15) is 33.6 Å². The van der Waals surface area contributed by atoms with Gasteiger partial charge in [0.15, 0.2) is 0 Å². The molecule has 10 heavy (non-hydrogen) atoms. The van der Waals surface area contributed by atoms with Crippen LogP contribution < -0.4 is 0 Å². The van der Waals surface area contributed by atoms with E-state index in [2.05, 4.69) is 25.9 Å². The van der Waals surface area contributed by atoms with Gasteiger partial charge in [0.05, 0.1) is 6.54 Å². The Hall–Kier alpha value is -0.400. The molecular formula is C8H17NO. The third-order valence-electron chi connectivity index (χ3n) is 1.71. The molecule has 2 nitrogen and oxygen atoms in total. The Labute approximate surface area is 63.0 Å². The zero-order chi connectivity index (χ0) is 7.98. The fourth-order valence-corrected chi connectivity index (χ4v) is 1.14. The monoisotopic (exact) mass is 143 g/mol. The van der Waals surface area contributed by atoms with Crippen LogP contribution >= 0.6 is 0 Å². The molecule has 0 fully saturated rings. The lowest BCUT2D eigenvalue weighted by Gasteiger charge is -2.12. The highest BCUT2D eigenvalue weighted by atomic mass is 16.3. The van der Waals surface area contributed by atoms with E-state index in [9.17, 15) is 4.91 Å². The third-order valence-corrected chi connectivity index (χ3v) is 1.71. The Morgan fingerprint density at radius 3 is 2.30 bits per heavy atom. The van der Waals surface area contributed by atoms with Gasteiger partial charge in [-0.15, -0.1) is 0 Å². The van der Waals surface area contributed by atoms with Crippen LogP contribution in [0.4, 0.5) is 0 Å². The summed E-state index contributed by atoms with van der Waals surface area (Å²) in [6.45, 7) is 6.95. The van der Waals surface area contributed by atoms with Gasteiger partial charge in [-0.05, 0) is 18.3 Å². The molecule has 0 spiro atoms. The van der Waals surface area contributed by atoms with Crippen molar-refractivity contribution in [3.63, 3.8) is 0 Å². The van der Waals surface area contributed by atoms with Gasteiger partial charge < -0.3 is 0 Å². The fourth-order valence-electron chi connectivity index (χ4n) is 1.14. The van der Waals surface area contributed by atoms with Gasteiger partial charge in [-0.3, -0.25) is 0 Å². The molecule has 0 saturated heterocycles. The standard InChI is InChI=1S/C8H17NO/c1-4-8(6-9-10)5-7(2)3/h7-8H,4-6H2,1-3H3/t8-/m1/s1. The summed E-state index contributed by atoms with van der Waals surface area (Å²) in [6.07, 6.45) is 2.20. The number of hydrogen-bond acceptors (Lipinski definition) is 2. The van der Waals surface area contributed by atoms with E-state index in [1.807, 2.05) is 0 Å². The first-order chi connectivity index (χ1) is 4.70. The largest absolute Gasteiger partial charge is 0.151 e. The maximum Gasteiger partial charge on any atom is 0.0839 e. The molecule has 2 heteroatoms. The van der Waals surface area contributed by atoms with Crippen molar-refractivity contribution in [1.82, 2.24) is 0 Å². The second kappa shape index (κ2) is 5.39. The molecule has 0 saturated carbocycles. The Morgan fingerprint density at radius 1 is 1.40 bits per heavy atom. The van der Waals surface area contributed by atoms with Gasteiger partial charge in [-0.1, -0.05) is 32.4 Å². The predicted octanol–water partition coefficient (Wildman–Crippen LogP) is 2.83. The first kappa shape index (κ1) is 9.60. The van der Waals surface area contributed by atoms with Gasteiger partial charge in [-0.2, -0.15) is 4.91 Å². The van der Waals surface area contributed by atoms with Crippen molar-refractivity contribution in [2.75, 3.05) is 6.54 Å².